The number of amides is 1. The highest BCUT2D eigenvalue weighted by atomic mass is 35.5. The molecule has 1 aliphatic heterocycles. The first kappa shape index (κ1) is 24.9. The number of aromatic nitrogens is 2. The lowest BCUT2D eigenvalue weighted by atomic mass is 9.91. The molecule has 0 spiro atoms. The highest BCUT2D eigenvalue weighted by molar-refractivity contribution is 7.92. The number of carbonyl (C=O) groups is 1. The van der Waals surface area contributed by atoms with Crippen molar-refractivity contribution in [1.29, 1.82) is 0 Å². The van der Waals surface area contributed by atoms with E-state index in [0.717, 1.165) is 25.7 Å². The van der Waals surface area contributed by atoms with Crippen LogP contribution in [0.15, 0.2) is 40.2 Å². The third-order valence-electron chi connectivity index (χ3n) is 6.79. The number of ether oxygens (including phenoxy) is 1. The Hall–Kier alpha value is -2.23. The summed E-state index contributed by atoms with van der Waals surface area (Å²) < 4.78 is 33.0. The smallest absolute Gasteiger partial charge is 0.252 e. The number of halogens is 1. The minimum atomic E-state index is -3.58. The van der Waals surface area contributed by atoms with E-state index in [-0.39, 0.29) is 16.7 Å². The van der Waals surface area contributed by atoms with E-state index >= 15 is 0 Å². The summed E-state index contributed by atoms with van der Waals surface area (Å²) in [7, 11) is -3.58. The van der Waals surface area contributed by atoms with Gasteiger partial charge in [0.05, 0.1) is 15.2 Å². The molecule has 8 nitrogen and oxygen atoms in total. The molecular weight excluding hydrogens is 478 g/mol. The highest BCUT2D eigenvalue weighted by Gasteiger charge is 2.33. The van der Waals surface area contributed by atoms with Crippen LogP contribution in [-0.2, 0) is 19.4 Å². The van der Waals surface area contributed by atoms with Crippen LogP contribution in [-0.4, -0.2) is 42.3 Å². The van der Waals surface area contributed by atoms with Crippen LogP contribution >= 0.6 is 11.6 Å². The number of aryl methyl sites for hydroxylation is 1. The number of anilines is 1. The molecule has 1 N–H and O–H groups in total. The van der Waals surface area contributed by atoms with Crippen LogP contribution in [0, 0.1) is 12.8 Å². The van der Waals surface area contributed by atoms with Crippen LogP contribution in [0.4, 0.5) is 5.82 Å². The van der Waals surface area contributed by atoms with Gasteiger partial charge in [-0.05, 0) is 63.1 Å². The Kier molecular flexibility index (Phi) is 7.74. The van der Waals surface area contributed by atoms with Gasteiger partial charge in [0.2, 0.25) is 5.91 Å². The summed E-state index contributed by atoms with van der Waals surface area (Å²) in [5.74, 6) is 0.159. The van der Waals surface area contributed by atoms with E-state index in [1.54, 1.807) is 19.1 Å². The molecule has 2 fully saturated rings. The van der Waals surface area contributed by atoms with Gasteiger partial charge in [-0.2, -0.15) is 0 Å². The summed E-state index contributed by atoms with van der Waals surface area (Å²) in [5, 5.41) is 2.79. The Morgan fingerprint density at radius 1 is 1.21 bits per heavy atom. The number of hydrogen-bond donors (Lipinski definition) is 1. The van der Waals surface area contributed by atoms with Crippen LogP contribution in [0.3, 0.4) is 0 Å². The SMILES string of the molecule is Cc1cc(S(=O)(=O)C2CCCC2)cc(=O)n1[C@@H](CC1CCOCC1)C(=O)Nc1ccc(Cl)cn1. The normalized spacial score (nSPS) is 18.6. The summed E-state index contributed by atoms with van der Waals surface area (Å²) in [5.41, 5.74) is -0.0480. The van der Waals surface area contributed by atoms with Gasteiger partial charge in [0.1, 0.15) is 11.9 Å². The van der Waals surface area contributed by atoms with Crippen molar-refractivity contribution in [2.45, 2.75) is 68.1 Å². The average Bonchev–Trinajstić information content (AvgIpc) is 3.36. The molecule has 2 aliphatic rings. The molecule has 184 valence electrons. The quantitative estimate of drug-likeness (QED) is 0.608. The number of rotatable bonds is 7. The Bertz CT molecular complexity index is 1180. The van der Waals surface area contributed by atoms with Crippen molar-refractivity contribution in [2.75, 3.05) is 18.5 Å². The molecule has 0 aromatic carbocycles. The standard InChI is InChI=1S/C24H30ClN3O5S/c1-16-12-20(34(31,32)19-4-2-3-5-19)14-23(29)28(16)21(13-17-8-10-33-11-9-17)24(30)27-22-7-6-18(25)15-26-22/h6-7,12,14-15,17,19,21H,2-5,8-11,13H2,1H3,(H,26,27,30)/t21-/m0/s1. The molecule has 1 amide bonds. The highest BCUT2D eigenvalue weighted by Crippen LogP contribution is 2.31. The summed E-state index contributed by atoms with van der Waals surface area (Å²) in [6.07, 6.45) is 6.47. The lowest BCUT2D eigenvalue weighted by Crippen LogP contribution is -2.37. The third kappa shape index (κ3) is 5.53. The molecule has 2 aromatic heterocycles. The fourth-order valence-corrected chi connectivity index (χ4v) is 6.97. The first-order chi connectivity index (χ1) is 16.3. The average molecular weight is 508 g/mol. The van der Waals surface area contributed by atoms with Crippen molar-refractivity contribution < 1.29 is 17.9 Å². The Morgan fingerprint density at radius 2 is 1.91 bits per heavy atom. The molecule has 2 aromatic rings. The minimum Gasteiger partial charge on any atom is -0.381 e. The van der Waals surface area contributed by atoms with E-state index in [0.29, 0.717) is 49.0 Å². The van der Waals surface area contributed by atoms with Crippen molar-refractivity contribution in [3.05, 3.63) is 51.5 Å². The number of pyridine rings is 2. The van der Waals surface area contributed by atoms with Gasteiger partial charge >= 0.3 is 0 Å². The van der Waals surface area contributed by atoms with Crippen LogP contribution in [0.2, 0.25) is 5.02 Å². The molecular formula is C24H30ClN3O5S. The Labute approximate surface area is 204 Å². The molecule has 1 aliphatic carbocycles. The molecule has 1 saturated heterocycles. The molecule has 3 heterocycles. The summed E-state index contributed by atoms with van der Waals surface area (Å²) >= 11 is 5.89. The van der Waals surface area contributed by atoms with Crippen LogP contribution in [0.25, 0.3) is 0 Å². The summed E-state index contributed by atoms with van der Waals surface area (Å²) in [6.45, 7) is 2.91. The monoisotopic (exact) mass is 507 g/mol. The van der Waals surface area contributed by atoms with Gasteiger partial charge in [-0.15, -0.1) is 0 Å². The fraction of sp³-hybridized carbons (Fsp3) is 0.542. The lowest BCUT2D eigenvalue weighted by molar-refractivity contribution is -0.120. The van der Waals surface area contributed by atoms with Gasteiger partial charge in [-0.3, -0.25) is 9.59 Å². The van der Waals surface area contributed by atoms with Crippen LogP contribution in [0.1, 0.15) is 56.7 Å². The zero-order chi connectivity index (χ0) is 24.3. The number of nitrogens with zero attached hydrogens (tertiary/aromatic N) is 2. The minimum absolute atomic E-state index is 0.0442. The molecule has 10 heteroatoms. The van der Waals surface area contributed by atoms with E-state index in [4.69, 9.17) is 16.3 Å². The number of carbonyl (C=O) groups excluding carboxylic acids is 1. The molecule has 1 atom stereocenters. The second kappa shape index (κ2) is 10.6. The maximum absolute atomic E-state index is 13.4. The van der Waals surface area contributed by atoms with Crippen molar-refractivity contribution in [3.8, 4) is 0 Å². The maximum atomic E-state index is 13.4. The Balaban J connectivity index is 1.67. The Morgan fingerprint density at radius 3 is 2.53 bits per heavy atom. The zero-order valence-electron chi connectivity index (χ0n) is 19.2. The van der Waals surface area contributed by atoms with Crippen molar-refractivity contribution >= 4 is 33.2 Å². The molecule has 0 unspecified atom stereocenters. The van der Waals surface area contributed by atoms with Crippen LogP contribution < -0.4 is 10.9 Å². The van der Waals surface area contributed by atoms with Crippen molar-refractivity contribution in [1.82, 2.24) is 9.55 Å². The molecule has 0 radical (unpaired) electrons. The molecule has 1 saturated carbocycles. The molecule has 0 bridgehead atoms. The van der Waals surface area contributed by atoms with Gasteiger partial charge in [-0.25, -0.2) is 13.4 Å². The summed E-state index contributed by atoms with van der Waals surface area (Å²) in [6, 6.07) is 5.11. The van der Waals surface area contributed by atoms with Gasteiger partial charge in [0, 0.05) is 31.2 Å². The maximum Gasteiger partial charge on any atom is 0.252 e. The van der Waals surface area contributed by atoms with E-state index in [1.807, 2.05) is 0 Å². The zero-order valence-corrected chi connectivity index (χ0v) is 20.8. The number of sulfone groups is 1. The first-order valence-corrected chi connectivity index (χ1v) is 13.7. The number of nitrogens with one attached hydrogen (secondary N) is 1. The molecule has 4 rings (SSSR count). The fourth-order valence-electron chi connectivity index (χ4n) is 4.92. The van der Waals surface area contributed by atoms with E-state index in [9.17, 15) is 18.0 Å². The lowest BCUT2D eigenvalue weighted by Gasteiger charge is -2.28. The van der Waals surface area contributed by atoms with Gasteiger partial charge in [0.25, 0.3) is 5.56 Å². The van der Waals surface area contributed by atoms with E-state index in [2.05, 4.69) is 10.3 Å². The predicted molar refractivity (Wildman–Crippen MR) is 130 cm³/mol. The predicted octanol–water partition coefficient (Wildman–Crippen LogP) is 3.92. The van der Waals surface area contributed by atoms with Gasteiger partial charge in [-0.1, -0.05) is 24.4 Å². The van der Waals surface area contributed by atoms with E-state index < -0.39 is 26.7 Å². The van der Waals surface area contributed by atoms with Gasteiger partial charge in [0.15, 0.2) is 9.84 Å². The second-order valence-electron chi connectivity index (χ2n) is 9.15. The van der Waals surface area contributed by atoms with Crippen LogP contribution in [0.5, 0.6) is 0 Å². The molecule has 34 heavy (non-hydrogen) atoms. The van der Waals surface area contributed by atoms with Crippen molar-refractivity contribution in [2.24, 2.45) is 5.92 Å². The first-order valence-electron chi connectivity index (χ1n) is 11.7. The largest absolute Gasteiger partial charge is 0.381 e. The summed E-state index contributed by atoms with van der Waals surface area (Å²) in [4.78, 5) is 30.8. The van der Waals surface area contributed by atoms with E-state index in [1.165, 1.54) is 22.9 Å². The van der Waals surface area contributed by atoms with Gasteiger partial charge < -0.3 is 14.6 Å². The van der Waals surface area contributed by atoms with Crippen molar-refractivity contribution in [3.63, 3.8) is 0 Å². The third-order valence-corrected chi connectivity index (χ3v) is 9.26. The second-order valence-corrected chi connectivity index (χ2v) is 11.8. The number of hydrogen-bond acceptors (Lipinski definition) is 6. The topological polar surface area (TPSA) is 107 Å².